The molecule has 0 aromatic heterocycles. The number of quaternary nitrogens is 1. The molecule has 0 atom stereocenters. The number of hydrogen-bond donors (Lipinski definition) is 1. The number of benzene rings is 4. The van der Waals surface area contributed by atoms with Crippen LogP contribution in [0, 0.1) is 6.92 Å². The minimum absolute atomic E-state index is 0.0666. The molecule has 5 heteroatoms. The standard InChI is InChI=1S/C22H24N.C7H8O3S/c1-2-3-19-23(20-13-7-4-8-14-20,21-15-9-5-10-16-21)22-17-11-6-12-18-22;1-6-2-4-7(5-3-6)11(8,9)10/h4-18H,2-3,19H2,1H3;2-5H,1H3,(H,8,9,10)/q+1;. The van der Waals surface area contributed by atoms with E-state index in [9.17, 15) is 8.42 Å². The zero-order chi connectivity index (χ0) is 24.4. The summed E-state index contributed by atoms with van der Waals surface area (Å²) in [5.74, 6) is 0. The van der Waals surface area contributed by atoms with Crippen molar-refractivity contribution in [2.45, 2.75) is 31.6 Å². The number of para-hydroxylation sites is 3. The first-order chi connectivity index (χ1) is 16.4. The smallest absolute Gasteiger partial charge is 0.282 e. The van der Waals surface area contributed by atoms with Gasteiger partial charge in [-0.05, 0) is 61.9 Å². The van der Waals surface area contributed by atoms with Crippen molar-refractivity contribution in [3.05, 3.63) is 121 Å². The summed E-state index contributed by atoms with van der Waals surface area (Å²) in [4.78, 5) is -0.0666. The lowest BCUT2D eigenvalue weighted by Crippen LogP contribution is -2.39. The third-order valence-corrected chi connectivity index (χ3v) is 6.62. The monoisotopic (exact) mass is 474 g/mol. The number of aryl methyl sites for hydroxylation is 1. The number of nitrogens with zero attached hydrogens (tertiary/aromatic N) is 1. The number of rotatable bonds is 7. The molecule has 0 saturated heterocycles. The van der Waals surface area contributed by atoms with Crippen molar-refractivity contribution in [2.24, 2.45) is 0 Å². The van der Waals surface area contributed by atoms with Crippen LogP contribution in [0.5, 0.6) is 0 Å². The molecule has 4 aromatic rings. The highest BCUT2D eigenvalue weighted by molar-refractivity contribution is 7.85. The van der Waals surface area contributed by atoms with E-state index in [1.807, 2.05) is 6.92 Å². The molecule has 4 aromatic carbocycles. The average molecular weight is 475 g/mol. The van der Waals surface area contributed by atoms with Crippen molar-refractivity contribution in [1.29, 1.82) is 0 Å². The van der Waals surface area contributed by atoms with Crippen molar-refractivity contribution in [2.75, 3.05) is 6.54 Å². The number of unbranched alkanes of at least 4 members (excludes halogenated alkanes) is 1. The van der Waals surface area contributed by atoms with Crippen LogP contribution in [0.25, 0.3) is 0 Å². The molecule has 0 heterocycles. The van der Waals surface area contributed by atoms with Gasteiger partial charge >= 0.3 is 0 Å². The van der Waals surface area contributed by atoms with E-state index in [2.05, 4.69) is 97.9 Å². The molecular formula is C29H32NO3S+. The molecule has 0 amide bonds. The fraction of sp³-hybridized carbons (Fsp3) is 0.172. The molecule has 0 aliphatic heterocycles. The van der Waals surface area contributed by atoms with Crippen LogP contribution in [0.15, 0.2) is 120 Å². The molecule has 0 aliphatic rings. The lowest BCUT2D eigenvalue weighted by molar-refractivity contribution is 0.483. The summed E-state index contributed by atoms with van der Waals surface area (Å²) in [6.07, 6.45) is 2.37. The van der Waals surface area contributed by atoms with Crippen molar-refractivity contribution >= 4 is 27.2 Å². The topological polar surface area (TPSA) is 54.4 Å². The van der Waals surface area contributed by atoms with Gasteiger partial charge in [0.2, 0.25) is 0 Å². The van der Waals surface area contributed by atoms with Gasteiger partial charge in [0, 0.05) is 0 Å². The Balaban J connectivity index is 0.000000248. The molecule has 0 saturated carbocycles. The summed E-state index contributed by atoms with van der Waals surface area (Å²) in [5.41, 5.74) is 4.91. The molecule has 4 rings (SSSR count). The largest absolute Gasteiger partial charge is 0.294 e. The van der Waals surface area contributed by atoms with Gasteiger partial charge in [-0.15, -0.1) is 0 Å². The van der Waals surface area contributed by atoms with Gasteiger partial charge in [0.1, 0.15) is 17.1 Å². The van der Waals surface area contributed by atoms with E-state index < -0.39 is 10.1 Å². The highest BCUT2D eigenvalue weighted by atomic mass is 32.2. The van der Waals surface area contributed by atoms with Gasteiger partial charge in [-0.1, -0.05) is 85.6 Å². The molecule has 0 spiro atoms. The predicted molar refractivity (Wildman–Crippen MR) is 141 cm³/mol. The van der Waals surface area contributed by atoms with E-state index >= 15 is 0 Å². The van der Waals surface area contributed by atoms with Gasteiger partial charge in [-0.3, -0.25) is 4.55 Å². The van der Waals surface area contributed by atoms with Gasteiger partial charge < -0.3 is 0 Å². The fourth-order valence-corrected chi connectivity index (χ4v) is 4.47. The van der Waals surface area contributed by atoms with Gasteiger partial charge in [-0.2, -0.15) is 8.42 Å². The maximum atomic E-state index is 10.5. The first-order valence-electron chi connectivity index (χ1n) is 11.5. The summed E-state index contributed by atoms with van der Waals surface area (Å²) in [5, 5.41) is 0. The van der Waals surface area contributed by atoms with E-state index in [-0.39, 0.29) is 4.90 Å². The van der Waals surface area contributed by atoms with Crippen LogP contribution in [0.2, 0.25) is 0 Å². The first kappa shape index (κ1) is 25.4. The zero-order valence-corrected chi connectivity index (χ0v) is 20.5. The summed E-state index contributed by atoms with van der Waals surface area (Å²) in [6.45, 7) is 5.16. The third kappa shape index (κ3) is 6.20. The highest BCUT2D eigenvalue weighted by Crippen LogP contribution is 2.43. The zero-order valence-electron chi connectivity index (χ0n) is 19.7. The van der Waals surface area contributed by atoms with Crippen molar-refractivity contribution < 1.29 is 13.0 Å². The summed E-state index contributed by atoms with van der Waals surface area (Å²) >= 11 is 0. The van der Waals surface area contributed by atoms with Crippen LogP contribution >= 0.6 is 0 Å². The van der Waals surface area contributed by atoms with E-state index in [1.54, 1.807) is 12.1 Å². The minimum atomic E-state index is -4.02. The Morgan fingerprint density at radius 2 is 1.03 bits per heavy atom. The summed E-state index contributed by atoms with van der Waals surface area (Å²) in [6, 6.07) is 38.6. The lowest BCUT2D eigenvalue weighted by atomic mass is 10.1. The predicted octanol–water partition coefficient (Wildman–Crippen LogP) is 7.70. The molecular weight excluding hydrogens is 442 g/mol. The van der Waals surface area contributed by atoms with E-state index in [0.29, 0.717) is 0 Å². The molecule has 34 heavy (non-hydrogen) atoms. The first-order valence-corrected chi connectivity index (χ1v) is 12.9. The fourth-order valence-electron chi connectivity index (χ4n) is 3.99. The molecule has 176 valence electrons. The minimum Gasteiger partial charge on any atom is -0.282 e. The van der Waals surface area contributed by atoms with Crippen molar-refractivity contribution in [3.63, 3.8) is 0 Å². The maximum absolute atomic E-state index is 10.5. The third-order valence-electron chi connectivity index (χ3n) is 5.76. The SMILES string of the molecule is CCCC[N+](c1ccccc1)(c1ccccc1)c1ccccc1.Cc1ccc(S(=O)(=O)O)cc1. The second kappa shape index (κ2) is 11.7. The Bertz CT molecular complexity index is 1140. The molecule has 0 unspecified atom stereocenters. The number of hydrogen-bond acceptors (Lipinski definition) is 2. The van der Waals surface area contributed by atoms with Crippen LogP contribution in [0.1, 0.15) is 25.3 Å². The van der Waals surface area contributed by atoms with Crippen LogP contribution in [-0.2, 0) is 10.1 Å². The van der Waals surface area contributed by atoms with Gasteiger partial charge in [0.15, 0.2) is 0 Å². The van der Waals surface area contributed by atoms with E-state index in [1.165, 1.54) is 42.0 Å². The Labute approximate surface area is 203 Å². The van der Waals surface area contributed by atoms with Crippen LogP contribution in [0.3, 0.4) is 0 Å². The van der Waals surface area contributed by atoms with E-state index in [0.717, 1.165) is 16.6 Å². The van der Waals surface area contributed by atoms with Crippen LogP contribution in [0.4, 0.5) is 17.1 Å². The van der Waals surface area contributed by atoms with Gasteiger partial charge in [0.25, 0.3) is 10.1 Å². The maximum Gasteiger partial charge on any atom is 0.294 e. The highest BCUT2D eigenvalue weighted by Gasteiger charge is 2.35. The summed E-state index contributed by atoms with van der Waals surface area (Å²) in [7, 11) is -4.02. The lowest BCUT2D eigenvalue weighted by Gasteiger charge is -2.37. The summed E-state index contributed by atoms with van der Waals surface area (Å²) < 4.78 is 30.3. The Morgan fingerprint density at radius 3 is 1.35 bits per heavy atom. The Kier molecular flexibility index (Phi) is 8.77. The quantitative estimate of drug-likeness (QED) is 0.220. The normalized spacial score (nSPS) is 11.4. The second-order valence-corrected chi connectivity index (χ2v) is 9.60. The Morgan fingerprint density at radius 1 is 0.647 bits per heavy atom. The average Bonchev–Trinajstić information content (AvgIpc) is 2.87. The molecule has 0 fully saturated rings. The molecule has 0 aliphatic carbocycles. The van der Waals surface area contributed by atoms with Crippen LogP contribution in [-0.4, -0.2) is 19.5 Å². The second-order valence-electron chi connectivity index (χ2n) is 8.18. The molecule has 4 nitrogen and oxygen atoms in total. The Hall–Kier alpha value is -3.25. The van der Waals surface area contributed by atoms with Gasteiger partial charge in [-0.25, -0.2) is 4.48 Å². The van der Waals surface area contributed by atoms with Gasteiger partial charge in [0.05, 0.1) is 11.4 Å². The molecule has 1 N–H and O–H groups in total. The van der Waals surface area contributed by atoms with E-state index in [4.69, 9.17) is 4.55 Å². The molecule has 0 radical (unpaired) electrons. The molecule has 0 bridgehead atoms. The van der Waals surface area contributed by atoms with Crippen LogP contribution < -0.4 is 4.48 Å². The van der Waals surface area contributed by atoms with Crippen molar-refractivity contribution in [3.8, 4) is 0 Å². The van der Waals surface area contributed by atoms with Crippen molar-refractivity contribution in [1.82, 2.24) is 4.48 Å².